The van der Waals surface area contributed by atoms with Crippen LogP contribution >= 0.6 is 0 Å². The van der Waals surface area contributed by atoms with Gasteiger partial charge in [0.2, 0.25) is 0 Å². The lowest BCUT2D eigenvalue weighted by atomic mass is 9.81. The SMILES string of the molecule is CN(C)c1ccc([C@@H](N)C(C)(C)C(=O)OC(C)(C)C)cc1. The molecule has 0 saturated carbocycles. The van der Waals surface area contributed by atoms with Crippen molar-refractivity contribution >= 4 is 11.7 Å². The van der Waals surface area contributed by atoms with Gasteiger partial charge in [0, 0.05) is 25.8 Å². The lowest BCUT2D eigenvalue weighted by Gasteiger charge is -2.33. The highest BCUT2D eigenvalue weighted by atomic mass is 16.6. The number of ether oxygens (including phenoxy) is 1. The molecule has 21 heavy (non-hydrogen) atoms. The number of rotatable bonds is 4. The number of esters is 1. The zero-order valence-electron chi connectivity index (χ0n) is 14.2. The molecule has 1 aromatic rings. The molecular weight excluding hydrogens is 264 g/mol. The summed E-state index contributed by atoms with van der Waals surface area (Å²) in [5.41, 5.74) is 7.03. The first kappa shape index (κ1) is 17.5. The molecule has 0 saturated heterocycles. The van der Waals surface area contributed by atoms with Crippen LogP contribution in [0.5, 0.6) is 0 Å². The minimum Gasteiger partial charge on any atom is -0.460 e. The standard InChI is InChI=1S/C17H28N2O2/c1-16(2,3)21-15(20)17(4,5)14(18)12-8-10-13(11-9-12)19(6)7/h8-11,14H,18H2,1-7H3/t14-/m1/s1. The van der Waals surface area contributed by atoms with E-state index < -0.39 is 17.1 Å². The fourth-order valence-electron chi connectivity index (χ4n) is 1.93. The van der Waals surface area contributed by atoms with Crippen LogP contribution in [0.1, 0.15) is 46.2 Å². The average Bonchev–Trinajstić information content (AvgIpc) is 2.35. The van der Waals surface area contributed by atoms with Crippen molar-refractivity contribution in [2.24, 2.45) is 11.1 Å². The Morgan fingerprint density at radius 3 is 1.95 bits per heavy atom. The molecular formula is C17H28N2O2. The highest BCUT2D eigenvalue weighted by Gasteiger charge is 2.38. The highest BCUT2D eigenvalue weighted by molar-refractivity contribution is 5.77. The molecule has 118 valence electrons. The molecule has 1 rings (SSSR count). The highest BCUT2D eigenvalue weighted by Crippen LogP contribution is 2.34. The van der Waals surface area contributed by atoms with Crippen molar-refractivity contribution in [1.29, 1.82) is 0 Å². The van der Waals surface area contributed by atoms with Crippen LogP contribution in [0, 0.1) is 5.41 Å². The molecule has 0 aromatic heterocycles. The third kappa shape index (κ3) is 4.46. The lowest BCUT2D eigenvalue weighted by molar-refractivity contribution is -0.167. The van der Waals surface area contributed by atoms with Gasteiger partial charge in [-0.1, -0.05) is 12.1 Å². The van der Waals surface area contributed by atoms with E-state index >= 15 is 0 Å². The van der Waals surface area contributed by atoms with Crippen molar-refractivity contribution in [2.45, 2.75) is 46.3 Å². The van der Waals surface area contributed by atoms with Gasteiger partial charge in [0.25, 0.3) is 0 Å². The summed E-state index contributed by atoms with van der Waals surface area (Å²) >= 11 is 0. The Balaban J connectivity index is 2.94. The molecule has 0 unspecified atom stereocenters. The first-order valence-corrected chi connectivity index (χ1v) is 7.21. The summed E-state index contributed by atoms with van der Waals surface area (Å²) in [6.07, 6.45) is 0. The maximum absolute atomic E-state index is 12.4. The van der Waals surface area contributed by atoms with Crippen molar-refractivity contribution in [3.8, 4) is 0 Å². The Morgan fingerprint density at radius 2 is 1.57 bits per heavy atom. The summed E-state index contributed by atoms with van der Waals surface area (Å²) in [4.78, 5) is 14.4. The number of anilines is 1. The van der Waals surface area contributed by atoms with Crippen molar-refractivity contribution < 1.29 is 9.53 Å². The van der Waals surface area contributed by atoms with E-state index in [2.05, 4.69) is 0 Å². The maximum atomic E-state index is 12.4. The predicted octanol–water partition coefficient (Wildman–Crippen LogP) is 3.12. The second-order valence-corrected chi connectivity index (χ2v) is 7.19. The Hall–Kier alpha value is -1.55. The third-order valence-corrected chi connectivity index (χ3v) is 3.47. The summed E-state index contributed by atoms with van der Waals surface area (Å²) in [6, 6.07) is 7.52. The number of hydrogen-bond donors (Lipinski definition) is 1. The molecule has 0 aliphatic carbocycles. The van der Waals surface area contributed by atoms with E-state index in [0.29, 0.717) is 0 Å². The van der Waals surface area contributed by atoms with Crippen LogP contribution in [-0.4, -0.2) is 25.7 Å². The molecule has 4 heteroatoms. The van der Waals surface area contributed by atoms with Gasteiger partial charge in [0.1, 0.15) is 5.60 Å². The van der Waals surface area contributed by atoms with Crippen LogP contribution in [0.15, 0.2) is 24.3 Å². The molecule has 0 heterocycles. The van der Waals surface area contributed by atoms with Crippen LogP contribution in [-0.2, 0) is 9.53 Å². The van der Waals surface area contributed by atoms with Gasteiger partial charge in [-0.15, -0.1) is 0 Å². The number of carbonyl (C=O) groups is 1. The molecule has 0 aliphatic heterocycles. The molecule has 0 aliphatic rings. The van der Waals surface area contributed by atoms with Gasteiger partial charge in [0.15, 0.2) is 0 Å². The number of hydrogen-bond acceptors (Lipinski definition) is 4. The number of carbonyl (C=O) groups excluding carboxylic acids is 1. The minimum absolute atomic E-state index is 0.279. The van der Waals surface area contributed by atoms with E-state index in [-0.39, 0.29) is 5.97 Å². The third-order valence-electron chi connectivity index (χ3n) is 3.47. The minimum atomic E-state index is -0.785. The molecule has 0 radical (unpaired) electrons. The van der Waals surface area contributed by atoms with Crippen molar-refractivity contribution in [3.05, 3.63) is 29.8 Å². The zero-order valence-corrected chi connectivity index (χ0v) is 14.2. The predicted molar refractivity (Wildman–Crippen MR) is 87.3 cm³/mol. The van der Waals surface area contributed by atoms with Gasteiger partial charge in [-0.05, 0) is 52.3 Å². The molecule has 0 bridgehead atoms. The second-order valence-electron chi connectivity index (χ2n) is 7.19. The second kappa shape index (κ2) is 6.06. The Bertz CT molecular complexity index is 485. The van der Waals surface area contributed by atoms with Crippen LogP contribution in [0.4, 0.5) is 5.69 Å². The summed E-state index contributed by atoms with van der Waals surface area (Å²) < 4.78 is 5.48. The molecule has 0 amide bonds. The van der Waals surface area contributed by atoms with Gasteiger partial charge < -0.3 is 15.4 Å². The van der Waals surface area contributed by atoms with Crippen LogP contribution < -0.4 is 10.6 Å². The molecule has 1 atom stereocenters. The molecule has 0 fully saturated rings. The van der Waals surface area contributed by atoms with Gasteiger partial charge in [-0.25, -0.2) is 0 Å². The van der Waals surface area contributed by atoms with Crippen LogP contribution in [0.3, 0.4) is 0 Å². The molecule has 2 N–H and O–H groups in total. The van der Waals surface area contributed by atoms with Crippen molar-refractivity contribution in [2.75, 3.05) is 19.0 Å². The smallest absolute Gasteiger partial charge is 0.313 e. The van der Waals surface area contributed by atoms with Gasteiger partial charge in [0.05, 0.1) is 5.41 Å². The molecule has 4 nitrogen and oxygen atoms in total. The summed E-state index contributed by atoms with van der Waals surface area (Å²) in [5, 5.41) is 0. The fourth-order valence-corrected chi connectivity index (χ4v) is 1.93. The maximum Gasteiger partial charge on any atom is 0.313 e. The Labute approximate surface area is 128 Å². The van der Waals surface area contributed by atoms with E-state index in [1.165, 1.54) is 0 Å². The van der Waals surface area contributed by atoms with Gasteiger partial charge in [-0.2, -0.15) is 0 Å². The van der Waals surface area contributed by atoms with Crippen molar-refractivity contribution in [3.63, 3.8) is 0 Å². The average molecular weight is 292 g/mol. The number of benzene rings is 1. The fraction of sp³-hybridized carbons (Fsp3) is 0.588. The van der Waals surface area contributed by atoms with E-state index in [1.807, 2.05) is 77.9 Å². The lowest BCUT2D eigenvalue weighted by Crippen LogP contribution is -2.41. The largest absolute Gasteiger partial charge is 0.460 e. The topological polar surface area (TPSA) is 55.6 Å². The summed E-state index contributed by atoms with van der Waals surface area (Å²) in [5.74, 6) is -0.279. The van der Waals surface area contributed by atoms with E-state index in [1.54, 1.807) is 0 Å². The van der Waals surface area contributed by atoms with E-state index in [9.17, 15) is 4.79 Å². The zero-order chi connectivity index (χ0) is 16.4. The summed E-state index contributed by atoms with van der Waals surface area (Å²) in [6.45, 7) is 9.23. The molecule has 1 aromatic carbocycles. The van der Waals surface area contributed by atoms with Crippen LogP contribution in [0.25, 0.3) is 0 Å². The number of nitrogens with zero attached hydrogens (tertiary/aromatic N) is 1. The normalized spacial score (nSPS) is 13.7. The number of nitrogens with two attached hydrogens (primary N) is 1. The summed E-state index contributed by atoms with van der Waals surface area (Å²) in [7, 11) is 3.97. The van der Waals surface area contributed by atoms with Crippen LogP contribution in [0.2, 0.25) is 0 Å². The van der Waals surface area contributed by atoms with E-state index in [0.717, 1.165) is 11.3 Å². The first-order valence-electron chi connectivity index (χ1n) is 7.21. The van der Waals surface area contributed by atoms with E-state index in [4.69, 9.17) is 10.5 Å². The quantitative estimate of drug-likeness (QED) is 0.866. The monoisotopic (exact) mass is 292 g/mol. The Morgan fingerprint density at radius 1 is 1.10 bits per heavy atom. The van der Waals surface area contributed by atoms with Gasteiger partial charge >= 0.3 is 5.97 Å². The first-order chi connectivity index (χ1) is 9.45. The molecule has 0 spiro atoms. The Kier molecular flexibility index (Phi) is 5.05. The van der Waals surface area contributed by atoms with Crippen molar-refractivity contribution in [1.82, 2.24) is 0 Å². The van der Waals surface area contributed by atoms with Gasteiger partial charge in [-0.3, -0.25) is 4.79 Å².